The standard InChI is InChI=1S/C12H16N2O4/c1-7-2-8(12(13)17)5-14(4-7)11-3-9(16)10(6-15)18-11/h2,4-5,9-11,15-16H,3,6H2,1H3,(H-,13,17)/p+1. The monoisotopic (exact) mass is 253 g/mol. The molecule has 3 unspecified atom stereocenters. The highest BCUT2D eigenvalue weighted by Gasteiger charge is 2.39. The summed E-state index contributed by atoms with van der Waals surface area (Å²) in [5, 5.41) is 18.7. The van der Waals surface area contributed by atoms with Crippen molar-refractivity contribution in [3.8, 4) is 0 Å². The van der Waals surface area contributed by atoms with Crippen LogP contribution in [-0.2, 0) is 4.74 Å². The molecule has 6 heteroatoms. The molecule has 0 aliphatic carbocycles. The minimum absolute atomic E-state index is 0.229. The molecule has 3 atom stereocenters. The second kappa shape index (κ2) is 5.01. The van der Waals surface area contributed by atoms with Gasteiger partial charge in [0.2, 0.25) is 0 Å². The highest BCUT2D eigenvalue weighted by Crippen LogP contribution is 2.24. The first kappa shape index (κ1) is 12.9. The van der Waals surface area contributed by atoms with Crippen LogP contribution in [0.25, 0.3) is 0 Å². The van der Waals surface area contributed by atoms with E-state index in [1.807, 2.05) is 13.1 Å². The van der Waals surface area contributed by atoms with Gasteiger partial charge in [0.1, 0.15) is 11.7 Å². The smallest absolute Gasteiger partial charge is 0.265 e. The van der Waals surface area contributed by atoms with Crippen LogP contribution < -0.4 is 10.3 Å². The van der Waals surface area contributed by atoms with Gasteiger partial charge in [-0.15, -0.1) is 0 Å². The lowest BCUT2D eigenvalue weighted by Crippen LogP contribution is -2.40. The van der Waals surface area contributed by atoms with E-state index >= 15 is 0 Å². The van der Waals surface area contributed by atoms with Crippen LogP contribution in [0.1, 0.15) is 28.6 Å². The Balaban J connectivity index is 2.26. The maximum absolute atomic E-state index is 11.2. The SMILES string of the molecule is Cc1cc(C(N)=O)c[n+](C2CC(O)C(CO)O2)c1. The number of primary amides is 1. The van der Waals surface area contributed by atoms with E-state index in [-0.39, 0.29) is 6.61 Å². The lowest BCUT2D eigenvalue weighted by Gasteiger charge is -2.09. The molecule has 6 nitrogen and oxygen atoms in total. The first-order valence-corrected chi connectivity index (χ1v) is 5.78. The Morgan fingerprint density at radius 2 is 2.33 bits per heavy atom. The van der Waals surface area contributed by atoms with Crippen LogP contribution in [0.2, 0.25) is 0 Å². The Kier molecular flexibility index (Phi) is 3.60. The molecule has 1 amide bonds. The first-order valence-electron chi connectivity index (χ1n) is 5.78. The Morgan fingerprint density at radius 1 is 1.61 bits per heavy atom. The van der Waals surface area contributed by atoms with Crippen LogP contribution in [0.3, 0.4) is 0 Å². The molecular weight excluding hydrogens is 236 g/mol. The molecule has 1 aromatic heterocycles. The quantitative estimate of drug-likeness (QED) is 0.603. The highest BCUT2D eigenvalue weighted by molar-refractivity contribution is 5.92. The minimum Gasteiger partial charge on any atom is -0.394 e. The largest absolute Gasteiger partial charge is 0.394 e. The summed E-state index contributed by atoms with van der Waals surface area (Å²) in [5.74, 6) is -0.510. The second-order valence-electron chi connectivity index (χ2n) is 4.53. The maximum Gasteiger partial charge on any atom is 0.265 e. The molecule has 0 aromatic carbocycles. The highest BCUT2D eigenvalue weighted by atomic mass is 16.5. The predicted molar refractivity (Wildman–Crippen MR) is 61.5 cm³/mol. The molecule has 1 fully saturated rings. The van der Waals surface area contributed by atoms with Gasteiger partial charge in [-0.2, -0.15) is 4.57 Å². The molecular formula is C12H17N2O4+. The summed E-state index contributed by atoms with van der Waals surface area (Å²) in [7, 11) is 0. The predicted octanol–water partition coefficient (Wildman–Crippen LogP) is -0.978. The third-order valence-corrected chi connectivity index (χ3v) is 3.03. The lowest BCUT2D eigenvalue weighted by atomic mass is 10.1. The van der Waals surface area contributed by atoms with Crippen LogP contribution in [-0.4, -0.2) is 34.9 Å². The summed E-state index contributed by atoms with van der Waals surface area (Å²) >= 11 is 0. The minimum atomic E-state index is -0.704. The van der Waals surface area contributed by atoms with Crippen LogP contribution in [0.4, 0.5) is 0 Å². The van der Waals surface area contributed by atoms with Gasteiger partial charge in [-0.25, -0.2) is 0 Å². The molecule has 1 saturated heterocycles. The summed E-state index contributed by atoms with van der Waals surface area (Å²) < 4.78 is 7.21. The number of hydrogen-bond acceptors (Lipinski definition) is 4. The number of amides is 1. The fraction of sp³-hybridized carbons (Fsp3) is 0.500. The third kappa shape index (κ3) is 2.50. The third-order valence-electron chi connectivity index (χ3n) is 3.03. The van der Waals surface area contributed by atoms with Gasteiger partial charge in [0.15, 0.2) is 12.4 Å². The van der Waals surface area contributed by atoms with E-state index in [2.05, 4.69) is 0 Å². The van der Waals surface area contributed by atoms with E-state index in [1.165, 1.54) is 0 Å². The number of aryl methyl sites for hydroxylation is 1. The normalized spacial score (nSPS) is 27.4. The average molecular weight is 253 g/mol. The zero-order valence-electron chi connectivity index (χ0n) is 10.1. The Labute approximate surface area is 105 Å². The molecule has 1 aliphatic rings. The number of nitrogens with two attached hydrogens (primary N) is 1. The fourth-order valence-electron chi connectivity index (χ4n) is 2.12. The van der Waals surface area contributed by atoms with Crippen LogP contribution in [0.5, 0.6) is 0 Å². The molecule has 0 radical (unpaired) electrons. The summed E-state index contributed by atoms with van der Waals surface area (Å²) in [6, 6.07) is 1.69. The molecule has 0 saturated carbocycles. The van der Waals surface area contributed by atoms with Crippen molar-refractivity contribution >= 4 is 5.91 Å². The van der Waals surface area contributed by atoms with Gasteiger partial charge in [-0.1, -0.05) is 0 Å². The van der Waals surface area contributed by atoms with Crippen LogP contribution >= 0.6 is 0 Å². The van der Waals surface area contributed by atoms with Crippen molar-refractivity contribution in [2.75, 3.05) is 6.61 Å². The van der Waals surface area contributed by atoms with E-state index < -0.39 is 24.3 Å². The number of nitrogens with zero attached hydrogens (tertiary/aromatic N) is 1. The van der Waals surface area contributed by atoms with Gasteiger partial charge in [0, 0.05) is 5.56 Å². The van der Waals surface area contributed by atoms with Gasteiger partial charge >= 0.3 is 0 Å². The van der Waals surface area contributed by atoms with Crippen LogP contribution in [0.15, 0.2) is 18.5 Å². The molecule has 1 aromatic rings. The lowest BCUT2D eigenvalue weighted by molar-refractivity contribution is -0.759. The number of rotatable bonds is 3. The number of hydrogen-bond donors (Lipinski definition) is 3. The number of pyridine rings is 1. The number of aromatic nitrogens is 1. The molecule has 2 heterocycles. The topological polar surface area (TPSA) is 96.7 Å². The summed E-state index contributed by atoms with van der Waals surface area (Å²) in [4.78, 5) is 11.2. The van der Waals surface area contributed by atoms with Gasteiger partial charge in [0.05, 0.1) is 19.1 Å². The zero-order chi connectivity index (χ0) is 13.3. The van der Waals surface area contributed by atoms with Crippen molar-refractivity contribution in [1.82, 2.24) is 0 Å². The molecule has 98 valence electrons. The molecule has 2 rings (SSSR count). The van der Waals surface area contributed by atoms with Gasteiger partial charge in [0.25, 0.3) is 12.1 Å². The molecule has 0 spiro atoms. The summed E-state index contributed by atoms with van der Waals surface area (Å²) in [6.07, 6.45) is 2.09. The molecule has 1 aliphatic heterocycles. The van der Waals surface area contributed by atoms with Crippen molar-refractivity contribution in [2.24, 2.45) is 5.73 Å². The number of carbonyl (C=O) groups excluding carboxylic acids is 1. The van der Waals surface area contributed by atoms with E-state index in [0.717, 1.165) is 5.56 Å². The Hall–Kier alpha value is -1.50. The number of aliphatic hydroxyl groups is 2. The molecule has 4 N–H and O–H groups in total. The summed E-state index contributed by atoms with van der Waals surface area (Å²) in [5.41, 5.74) is 6.51. The Morgan fingerprint density at radius 3 is 2.89 bits per heavy atom. The fourth-order valence-corrected chi connectivity index (χ4v) is 2.12. The van der Waals surface area contributed by atoms with Gasteiger partial charge < -0.3 is 20.7 Å². The van der Waals surface area contributed by atoms with E-state index in [0.29, 0.717) is 12.0 Å². The van der Waals surface area contributed by atoms with Crippen molar-refractivity contribution < 1.29 is 24.3 Å². The molecule has 18 heavy (non-hydrogen) atoms. The first-order chi connectivity index (χ1) is 8.51. The van der Waals surface area contributed by atoms with Crippen LogP contribution in [0, 0.1) is 6.92 Å². The second-order valence-corrected chi connectivity index (χ2v) is 4.53. The van der Waals surface area contributed by atoms with Crippen molar-refractivity contribution in [2.45, 2.75) is 31.8 Å². The maximum atomic E-state index is 11.2. The van der Waals surface area contributed by atoms with E-state index in [4.69, 9.17) is 15.6 Å². The average Bonchev–Trinajstić information content (AvgIpc) is 2.69. The van der Waals surface area contributed by atoms with Crippen molar-refractivity contribution in [1.29, 1.82) is 0 Å². The van der Waals surface area contributed by atoms with E-state index in [1.54, 1.807) is 16.8 Å². The van der Waals surface area contributed by atoms with Gasteiger partial charge in [-0.3, -0.25) is 4.79 Å². The number of aliphatic hydroxyl groups excluding tert-OH is 2. The Bertz CT molecular complexity index is 463. The summed E-state index contributed by atoms with van der Waals surface area (Å²) in [6.45, 7) is 1.62. The van der Waals surface area contributed by atoms with Crippen molar-refractivity contribution in [3.63, 3.8) is 0 Å². The molecule has 0 bridgehead atoms. The van der Waals surface area contributed by atoms with Gasteiger partial charge in [-0.05, 0) is 13.0 Å². The van der Waals surface area contributed by atoms with Crippen molar-refractivity contribution in [3.05, 3.63) is 29.6 Å². The zero-order valence-corrected chi connectivity index (χ0v) is 10.1. The number of ether oxygens (including phenoxy) is 1. The van der Waals surface area contributed by atoms with E-state index in [9.17, 15) is 9.90 Å². The number of carbonyl (C=O) groups is 1.